The average molecular weight is 376 g/mol. The summed E-state index contributed by atoms with van der Waals surface area (Å²) in [5.41, 5.74) is 6.22. The highest BCUT2D eigenvalue weighted by Gasteiger charge is 2.31. The van der Waals surface area contributed by atoms with E-state index < -0.39 is 11.7 Å². The number of pyridine rings is 1. The number of alkyl halides is 3. The number of para-hydroxylation sites is 1. The number of nitrogen functional groups attached to an aromatic ring is 1. The second kappa shape index (κ2) is 6.13. The van der Waals surface area contributed by atoms with Gasteiger partial charge in [-0.3, -0.25) is 4.40 Å². The number of nitrogens with zero attached hydrogens (tertiary/aromatic N) is 5. The van der Waals surface area contributed by atoms with E-state index in [9.17, 15) is 13.2 Å². The van der Waals surface area contributed by atoms with E-state index in [1.165, 1.54) is 22.2 Å². The van der Waals surface area contributed by atoms with Gasteiger partial charge in [-0.15, -0.1) is 10.2 Å². The highest BCUT2D eigenvalue weighted by atomic mass is 32.2. The van der Waals surface area contributed by atoms with Crippen LogP contribution in [0.2, 0.25) is 0 Å². The van der Waals surface area contributed by atoms with Crippen LogP contribution in [0.15, 0.2) is 47.8 Å². The van der Waals surface area contributed by atoms with Gasteiger partial charge in [-0.05, 0) is 24.3 Å². The summed E-state index contributed by atoms with van der Waals surface area (Å²) in [5.74, 6) is 1.12. The Morgan fingerprint density at radius 2 is 1.85 bits per heavy atom. The first kappa shape index (κ1) is 16.6. The average Bonchev–Trinajstić information content (AvgIpc) is 3.01. The van der Waals surface area contributed by atoms with Gasteiger partial charge in [0.15, 0.2) is 10.8 Å². The third-order valence-electron chi connectivity index (χ3n) is 3.71. The summed E-state index contributed by atoms with van der Waals surface area (Å²) >= 11 is 1.19. The number of aromatic nitrogens is 5. The molecule has 6 nitrogen and oxygen atoms in total. The minimum Gasteiger partial charge on any atom is -0.383 e. The van der Waals surface area contributed by atoms with Crippen LogP contribution in [-0.4, -0.2) is 24.6 Å². The molecule has 4 rings (SSSR count). The molecule has 0 aliphatic carbocycles. The van der Waals surface area contributed by atoms with Gasteiger partial charge in [-0.2, -0.15) is 13.2 Å². The van der Waals surface area contributed by atoms with Gasteiger partial charge in [0.2, 0.25) is 0 Å². The Hall–Kier alpha value is -2.88. The molecule has 0 aliphatic heterocycles. The van der Waals surface area contributed by atoms with Crippen molar-refractivity contribution in [2.75, 3.05) is 5.73 Å². The number of nitrogens with two attached hydrogens (primary N) is 1. The molecule has 0 saturated heterocycles. The van der Waals surface area contributed by atoms with Crippen molar-refractivity contribution < 1.29 is 13.2 Å². The van der Waals surface area contributed by atoms with Gasteiger partial charge in [0.05, 0.1) is 16.8 Å². The van der Waals surface area contributed by atoms with E-state index in [4.69, 9.17) is 5.73 Å². The van der Waals surface area contributed by atoms with Crippen LogP contribution in [0.5, 0.6) is 0 Å². The number of fused-ring (bicyclic) bond motifs is 2. The molecule has 0 radical (unpaired) electrons. The van der Waals surface area contributed by atoms with Gasteiger partial charge in [0.1, 0.15) is 11.6 Å². The number of hydrogen-bond acceptors (Lipinski definition) is 6. The van der Waals surface area contributed by atoms with Gasteiger partial charge >= 0.3 is 6.18 Å². The molecule has 0 saturated carbocycles. The molecule has 0 spiro atoms. The summed E-state index contributed by atoms with van der Waals surface area (Å²) in [5, 5.41) is 8.90. The van der Waals surface area contributed by atoms with Crippen LogP contribution in [0.1, 0.15) is 11.4 Å². The van der Waals surface area contributed by atoms with E-state index in [2.05, 4.69) is 20.2 Å². The molecule has 0 unspecified atom stereocenters. The van der Waals surface area contributed by atoms with E-state index in [1.807, 2.05) is 24.3 Å². The van der Waals surface area contributed by atoms with Gasteiger partial charge in [0, 0.05) is 11.6 Å². The number of hydrogen-bond donors (Lipinski definition) is 1. The number of halogens is 3. The molecule has 0 bridgehead atoms. The molecule has 26 heavy (non-hydrogen) atoms. The standard InChI is InChI=1S/C16H11F3N6S/c17-16(18,19)9-5-6-13-23-24-15(25(13)7-9)26-8-12-21-11-4-2-1-3-10(11)14(20)22-12/h1-7H,8H2,(H2,20,21,22). The number of benzene rings is 1. The number of anilines is 1. The van der Waals surface area contributed by atoms with Crippen molar-refractivity contribution in [2.45, 2.75) is 17.1 Å². The maximum atomic E-state index is 12.9. The highest BCUT2D eigenvalue weighted by Crippen LogP contribution is 2.30. The fourth-order valence-electron chi connectivity index (χ4n) is 2.48. The molecule has 3 heterocycles. The van der Waals surface area contributed by atoms with Gasteiger partial charge in [0.25, 0.3) is 0 Å². The van der Waals surface area contributed by atoms with E-state index >= 15 is 0 Å². The fourth-order valence-corrected chi connectivity index (χ4v) is 3.25. The molecule has 2 N–H and O–H groups in total. The molecular weight excluding hydrogens is 365 g/mol. The van der Waals surface area contributed by atoms with Crippen LogP contribution in [0, 0.1) is 0 Å². The summed E-state index contributed by atoms with van der Waals surface area (Å²) in [6, 6.07) is 9.60. The van der Waals surface area contributed by atoms with Crippen molar-refractivity contribution >= 4 is 34.1 Å². The summed E-state index contributed by atoms with van der Waals surface area (Å²) < 4.78 is 40.0. The first-order valence-corrected chi connectivity index (χ1v) is 8.46. The molecule has 0 atom stereocenters. The van der Waals surface area contributed by atoms with Crippen LogP contribution in [0.25, 0.3) is 16.6 Å². The maximum Gasteiger partial charge on any atom is 0.417 e. The van der Waals surface area contributed by atoms with Crippen LogP contribution < -0.4 is 5.73 Å². The number of rotatable bonds is 3. The fraction of sp³-hybridized carbons (Fsp3) is 0.125. The zero-order valence-corrected chi connectivity index (χ0v) is 13.9. The molecule has 132 valence electrons. The summed E-state index contributed by atoms with van der Waals surface area (Å²) in [7, 11) is 0. The quantitative estimate of drug-likeness (QED) is 0.551. The Kier molecular flexibility index (Phi) is 3.91. The molecule has 3 aromatic heterocycles. The van der Waals surface area contributed by atoms with Crippen molar-refractivity contribution in [1.82, 2.24) is 24.6 Å². The van der Waals surface area contributed by atoms with E-state index in [0.29, 0.717) is 33.7 Å². The lowest BCUT2D eigenvalue weighted by molar-refractivity contribution is -0.137. The van der Waals surface area contributed by atoms with Crippen molar-refractivity contribution in [3.63, 3.8) is 0 Å². The molecule has 1 aromatic carbocycles. The van der Waals surface area contributed by atoms with Crippen molar-refractivity contribution in [1.29, 1.82) is 0 Å². The van der Waals surface area contributed by atoms with Crippen LogP contribution in [-0.2, 0) is 11.9 Å². The first-order chi connectivity index (χ1) is 12.4. The van der Waals surface area contributed by atoms with Crippen molar-refractivity contribution in [3.05, 3.63) is 54.0 Å². The third-order valence-corrected chi connectivity index (χ3v) is 4.65. The monoisotopic (exact) mass is 376 g/mol. The third kappa shape index (κ3) is 3.03. The van der Waals surface area contributed by atoms with Crippen LogP contribution in [0.4, 0.5) is 19.0 Å². The Labute approximate surface area is 149 Å². The number of thioether (sulfide) groups is 1. The summed E-state index contributed by atoms with van der Waals surface area (Å²) in [6.45, 7) is 0. The lowest BCUT2D eigenvalue weighted by Gasteiger charge is -2.07. The highest BCUT2D eigenvalue weighted by molar-refractivity contribution is 7.98. The van der Waals surface area contributed by atoms with Gasteiger partial charge in [-0.1, -0.05) is 23.9 Å². The Morgan fingerprint density at radius 1 is 1.04 bits per heavy atom. The van der Waals surface area contributed by atoms with Crippen LogP contribution >= 0.6 is 11.8 Å². The van der Waals surface area contributed by atoms with Gasteiger partial charge in [-0.25, -0.2) is 9.97 Å². The van der Waals surface area contributed by atoms with Crippen molar-refractivity contribution in [2.24, 2.45) is 0 Å². The van der Waals surface area contributed by atoms with Crippen LogP contribution in [0.3, 0.4) is 0 Å². The topological polar surface area (TPSA) is 82.0 Å². The van der Waals surface area contributed by atoms with E-state index in [-0.39, 0.29) is 0 Å². The minimum absolute atomic E-state index is 0.298. The molecule has 0 fully saturated rings. The second-order valence-corrected chi connectivity index (χ2v) is 6.40. The zero-order valence-electron chi connectivity index (χ0n) is 13.1. The van der Waals surface area contributed by atoms with E-state index in [1.54, 1.807) is 0 Å². The molecular formula is C16H11F3N6S. The molecule has 0 amide bonds. The predicted octanol–water partition coefficient (Wildman–Crippen LogP) is 3.57. The van der Waals surface area contributed by atoms with Crippen molar-refractivity contribution in [3.8, 4) is 0 Å². The summed E-state index contributed by atoms with van der Waals surface area (Å²) in [6.07, 6.45) is -3.45. The second-order valence-electron chi connectivity index (χ2n) is 5.46. The Bertz CT molecular complexity index is 1110. The molecule has 10 heteroatoms. The Morgan fingerprint density at radius 3 is 2.65 bits per heavy atom. The molecule has 0 aliphatic rings. The Balaban J connectivity index is 1.64. The zero-order chi connectivity index (χ0) is 18.3. The van der Waals surface area contributed by atoms with E-state index in [0.717, 1.165) is 17.6 Å². The lowest BCUT2D eigenvalue weighted by Crippen LogP contribution is -2.06. The maximum absolute atomic E-state index is 12.9. The normalized spacial score (nSPS) is 12.1. The first-order valence-electron chi connectivity index (χ1n) is 7.48. The minimum atomic E-state index is -4.43. The smallest absolute Gasteiger partial charge is 0.383 e. The molecule has 4 aromatic rings. The SMILES string of the molecule is Nc1nc(CSc2nnc3ccc(C(F)(F)F)cn23)nc2ccccc12. The lowest BCUT2D eigenvalue weighted by atomic mass is 10.2. The van der Waals surface area contributed by atoms with Gasteiger partial charge < -0.3 is 5.73 Å². The predicted molar refractivity (Wildman–Crippen MR) is 91.5 cm³/mol. The summed E-state index contributed by atoms with van der Waals surface area (Å²) in [4.78, 5) is 8.67. The largest absolute Gasteiger partial charge is 0.417 e.